The summed E-state index contributed by atoms with van der Waals surface area (Å²) in [5.74, 6) is 0.792. The van der Waals surface area contributed by atoms with E-state index >= 15 is 0 Å². The number of rotatable bonds is 2. The molecule has 0 aromatic heterocycles. The Bertz CT molecular complexity index is 735. The van der Waals surface area contributed by atoms with Crippen LogP contribution in [0.25, 0.3) is 0 Å². The molecule has 0 amide bonds. The Morgan fingerprint density at radius 1 is 0.864 bits per heavy atom. The molecule has 1 aliphatic rings. The number of hydrogen-bond donors (Lipinski definition) is 0. The van der Waals surface area contributed by atoms with Crippen molar-refractivity contribution in [1.82, 2.24) is 0 Å². The van der Waals surface area contributed by atoms with Gasteiger partial charge in [-0.05, 0) is 56.9 Å². The minimum Gasteiger partial charge on any atom is -0.475 e. The van der Waals surface area contributed by atoms with E-state index in [-0.39, 0.29) is 6.04 Å². The molecule has 2 aromatic rings. The van der Waals surface area contributed by atoms with Crippen molar-refractivity contribution in [2.24, 2.45) is 4.99 Å². The average Bonchev–Trinajstić information content (AvgIpc) is 2.86. The van der Waals surface area contributed by atoms with Gasteiger partial charge >= 0.3 is 0 Å². The molecule has 1 heterocycles. The molecular weight excluding hydrogens is 270 g/mol. The van der Waals surface area contributed by atoms with E-state index in [1.807, 2.05) is 0 Å². The van der Waals surface area contributed by atoms with Crippen molar-refractivity contribution in [2.45, 2.75) is 40.7 Å². The van der Waals surface area contributed by atoms with E-state index in [0.29, 0.717) is 6.61 Å². The second-order valence-corrected chi connectivity index (χ2v) is 6.39. The van der Waals surface area contributed by atoms with Gasteiger partial charge in [0.25, 0.3) is 0 Å². The first-order valence-corrected chi connectivity index (χ1v) is 7.81. The lowest BCUT2D eigenvalue weighted by Crippen LogP contribution is -2.06. The molecule has 0 aliphatic carbocycles. The predicted octanol–water partition coefficient (Wildman–Crippen LogP) is 4.75. The van der Waals surface area contributed by atoms with Crippen LogP contribution < -0.4 is 0 Å². The van der Waals surface area contributed by atoms with Crippen LogP contribution in [0.4, 0.5) is 0 Å². The van der Waals surface area contributed by atoms with E-state index in [4.69, 9.17) is 9.73 Å². The first kappa shape index (κ1) is 14.8. The number of aryl methyl sites for hydroxylation is 5. The van der Waals surface area contributed by atoms with Gasteiger partial charge in [0.05, 0.1) is 0 Å². The SMILES string of the molecule is Cc1ccc(C2COC(c3c(C)cc(C)cc3C)=N2)c(C)c1. The summed E-state index contributed by atoms with van der Waals surface area (Å²) in [4.78, 5) is 4.86. The quantitative estimate of drug-likeness (QED) is 0.783. The lowest BCUT2D eigenvalue weighted by atomic mass is 9.99. The predicted molar refractivity (Wildman–Crippen MR) is 91.8 cm³/mol. The van der Waals surface area contributed by atoms with Gasteiger partial charge in [-0.25, -0.2) is 4.99 Å². The number of benzene rings is 2. The molecule has 0 N–H and O–H groups in total. The highest BCUT2D eigenvalue weighted by Crippen LogP contribution is 2.30. The zero-order valence-electron chi connectivity index (χ0n) is 14.0. The molecule has 1 unspecified atom stereocenters. The van der Waals surface area contributed by atoms with Gasteiger partial charge in [0.2, 0.25) is 5.90 Å². The van der Waals surface area contributed by atoms with Crippen LogP contribution in [0.1, 0.15) is 45.0 Å². The summed E-state index contributed by atoms with van der Waals surface area (Å²) in [5.41, 5.74) is 8.74. The van der Waals surface area contributed by atoms with Gasteiger partial charge < -0.3 is 4.74 Å². The van der Waals surface area contributed by atoms with Crippen LogP contribution in [-0.4, -0.2) is 12.5 Å². The Hall–Kier alpha value is -2.09. The molecule has 114 valence electrons. The van der Waals surface area contributed by atoms with Gasteiger partial charge in [0.15, 0.2) is 0 Å². The summed E-state index contributed by atoms with van der Waals surface area (Å²) in [6, 6.07) is 11.0. The van der Waals surface area contributed by atoms with Gasteiger partial charge in [-0.3, -0.25) is 0 Å². The summed E-state index contributed by atoms with van der Waals surface area (Å²) in [7, 11) is 0. The van der Waals surface area contributed by atoms with Crippen LogP contribution in [0, 0.1) is 34.6 Å². The van der Waals surface area contributed by atoms with E-state index in [0.717, 1.165) is 11.5 Å². The van der Waals surface area contributed by atoms with Gasteiger partial charge in [0, 0.05) is 5.56 Å². The summed E-state index contributed by atoms with van der Waals surface area (Å²) in [6.45, 7) is 11.3. The second-order valence-electron chi connectivity index (χ2n) is 6.39. The summed E-state index contributed by atoms with van der Waals surface area (Å²) in [6.07, 6.45) is 0. The van der Waals surface area contributed by atoms with Crippen LogP contribution >= 0.6 is 0 Å². The van der Waals surface area contributed by atoms with Gasteiger partial charge in [-0.2, -0.15) is 0 Å². The fourth-order valence-electron chi connectivity index (χ4n) is 3.39. The molecule has 0 saturated heterocycles. The van der Waals surface area contributed by atoms with Crippen molar-refractivity contribution in [1.29, 1.82) is 0 Å². The molecule has 0 bridgehead atoms. The summed E-state index contributed by atoms with van der Waals surface area (Å²) >= 11 is 0. The van der Waals surface area contributed by atoms with Gasteiger partial charge in [0.1, 0.15) is 12.6 Å². The normalized spacial score (nSPS) is 17.3. The second kappa shape index (κ2) is 5.60. The molecule has 0 saturated carbocycles. The smallest absolute Gasteiger partial charge is 0.217 e. The van der Waals surface area contributed by atoms with Crippen LogP contribution in [0.15, 0.2) is 35.3 Å². The summed E-state index contributed by atoms with van der Waals surface area (Å²) in [5, 5.41) is 0. The van der Waals surface area contributed by atoms with Crippen molar-refractivity contribution in [3.8, 4) is 0 Å². The number of aliphatic imine (C=N–C) groups is 1. The van der Waals surface area contributed by atoms with Crippen molar-refractivity contribution in [3.63, 3.8) is 0 Å². The number of nitrogens with zero attached hydrogens (tertiary/aromatic N) is 1. The highest BCUT2D eigenvalue weighted by atomic mass is 16.5. The van der Waals surface area contributed by atoms with E-state index in [2.05, 4.69) is 65.0 Å². The minimum absolute atomic E-state index is 0.107. The first-order chi connectivity index (χ1) is 10.5. The maximum absolute atomic E-state index is 5.94. The molecule has 2 nitrogen and oxygen atoms in total. The third-order valence-electron chi connectivity index (χ3n) is 4.33. The van der Waals surface area contributed by atoms with Gasteiger partial charge in [-0.1, -0.05) is 41.5 Å². The van der Waals surface area contributed by atoms with Crippen molar-refractivity contribution in [3.05, 3.63) is 69.3 Å². The largest absolute Gasteiger partial charge is 0.475 e. The molecular formula is C20H23NO. The van der Waals surface area contributed by atoms with Crippen LogP contribution in [0.3, 0.4) is 0 Å². The van der Waals surface area contributed by atoms with Crippen molar-refractivity contribution in [2.75, 3.05) is 6.61 Å². The molecule has 0 fully saturated rings. The van der Waals surface area contributed by atoms with Crippen LogP contribution in [0.5, 0.6) is 0 Å². The lowest BCUT2D eigenvalue weighted by molar-refractivity contribution is 0.319. The highest BCUT2D eigenvalue weighted by Gasteiger charge is 2.24. The third-order valence-corrected chi connectivity index (χ3v) is 4.33. The molecule has 0 radical (unpaired) electrons. The maximum atomic E-state index is 5.94. The Balaban J connectivity index is 1.98. The average molecular weight is 293 g/mol. The molecule has 2 aromatic carbocycles. The van der Waals surface area contributed by atoms with Gasteiger partial charge in [-0.15, -0.1) is 0 Å². The molecule has 3 rings (SSSR count). The monoisotopic (exact) mass is 293 g/mol. The standard InChI is InChI=1S/C20H23NO/c1-12-6-7-17(14(3)8-12)18-11-22-20(21-18)19-15(4)9-13(2)10-16(19)5/h6-10,18H,11H2,1-5H3. The topological polar surface area (TPSA) is 21.6 Å². The first-order valence-electron chi connectivity index (χ1n) is 7.81. The van der Waals surface area contributed by atoms with Crippen LogP contribution in [-0.2, 0) is 4.74 Å². The highest BCUT2D eigenvalue weighted by molar-refractivity contribution is 5.98. The van der Waals surface area contributed by atoms with Crippen LogP contribution in [0.2, 0.25) is 0 Å². The Morgan fingerprint density at radius 2 is 1.50 bits per heavy atom. The zero-order chi connectivity index (χ0) is 15.9. The van der Waals surface area contributed by atoms with E-state index in [1.54, 1.807) is 0 Å². The van der Waals surface area contributed by atoms with E-state index in [9.17, 15) is 0 Å². The van der Waals surface area contributed by atoms with E-state index in [1.165, 1.54) is 33.4 Å². The molecule has 0 spiro atoms. The molecule has 1 aliphatic heterocycles. The third kappa shape index (κ3) is 2.66. The zero-order valence-corrected chi connectivity index (χ0v) is 14.0. The Labute approximate surface area is 132 Å². The molecule has 22 heavy (non-hydrogen) atoms. The molecule has 1 atom stereocenters. The number of hydrogen-bond acceptors (Lipinski definition) is 2. The van der Waals surface area contributed by atoms with E-state index < -0.39 is 0 Å². The Kier molecular flexibility index (Phi) is 3.78. The fraction of sp³-hybridized carbons (Fsp3) is 0.350. The fourth-order valence-corrected chi connectivity index (χ4v) is 3.39. The Morgan fingerprint density at radius 3 is 2.14 bits per heavy atom. The van der Waals surface area contributed by atoms with Crippen molar-refractivity contribution < 1.29 is 4.74 Å². The molecule has 2 heteroatoms. The summed E-state index contributed by atoms with van der Waals surface area (Å²) < 4.78 is 5.94. The maximum Gasteiger partial charge on any atom is 0.217 e. The minimum atomic E-state index is 0.107. The number of ether oxygens (including phenoxy) is 1. The van der Waals surface area contributed by atoms with Crippen molar-refractivity contribution >= 4 is 5.90 Å². The lowest BCUT2D eigenvalue weighted by Gasteiger charge is -2.10.